The molecule has 0 radical (unpaired) electrons. The van der Waals surface area contributed by atoms with Crippen LogP contribution in [0.3, 0.4) is 0 Å². The zero-order valence-corrected chi connectivity index (χ0v) is 19.5. The van der Waals surface area contributed by atoms with E-state index in [-0.39, 0.29) is 6.54 Å². The minimum atomic E-state index is -0.872. The second-order valence-corrected chi connectivity index (χ2v) is 7.98. The molecule has 34 heavy (non-hydrogen) atoms. The summed E-state index contributed by atoms with van der Waals surface area (Å²) in [5, 5.41) is 11.4. The Morgan fingerprint density at radius 1 is 0.735 bits per heavy atom. The van der Waals surface area contributed by atoms with Crippen molar-refractivity contribution in [3.8, 4) is 23.0 Å². The van der Waals surface area contributed by atoms with Gasteiger partial charge in [-0.3, -0.25) is 4.79 Å². The molecule has 7 heteroatoms. The topological polar surface area (TPSA) is 79.2 Å². The maximum atomic E-state index is 11.4. The monoisotopic (exact) mass is 463 g/mol. The number of aromatic nitrogens is 1. The first-order valence-corrected chi connectivity index (χ1v) is 11.3. The van der Waals surface area contributed by atoms with E-state index in [2.05, 4.69) is 0 Å². The molecule has 0 unspecified atom stereocenters. The molecule has 0 spiro atoms. The van der Waals surface area contributed by atoms with Crippen molar-refractivity contribution < 1.29 is 28.8 Å². The van der Waals surface area contributed by atoms with Crippen LogP contribution in [0.4, 0.5) is 0 Å². The van der Waals surface area contributed by atoms with Crippen LogP contribution < -0.4 is 18.9 Å². The van der Waals surface area contributed by atoms with Gasteiger partial charge < -0.3 is 28.6 Å². The largest absolute Gasteiger partial charge is 0.496 e. The van der Waals surface area contributed by atoms with E-state index >= 15 is 0 Å². The predicted octanol–water partition coefficient (Wildman–Crippen LogP) is 5.52. The first-order chi connectivity index (χ1) is 16.6. The fourth-order valence-corrected chi connectivity index (χ4v) is 4.05. The van der Waals surface area contributed by atoms with Crippen molar-refractivity contribution in [1.82, 2.24) is 4.57 Å². The van der Waals surface area contributed by atoms with Gasteiger partial charge in [-0.15, -0.1) is 0 Å². The molecule has 0 amide bonds. The molecule has 1 N–H and O–H groups in total. The number of hydrogen-bond acceptors (Lipinski definition) is 5. The minimum absolute atomic E-state index is 0.0906. The van der Waals surface area contributed by atoms with Gasteiger partial charge in [0.05, 0.1) is 33.0 Å². The Morgan fingerprint density at radius 3 is 2.03 bits per heavy atom. The SMILES string of the molecule is COc1cc(OC)cc(OCCCCCOc2ccc3c4ccccc4n(CC(=O)O)c3c2)c1. The number of methoxy groups -OCH3 is 2. The number of para-hydroxylation sites is 1. The summed E-state index contributed by atoms with van der Waals surface area (Å²) < 4.78 is 24.1. The summed E-state index contributed by atoms with van der Waals surface area (Å²) in [5.74, 6) is 1.98. The third-order valence-electron chi connectivity index (χ3n) is 5.69. The Kier molecular flexibility index (Phi) is 7.42. The predicted molar refractivity (Wildman–Crippen MR) is 131 cm³/mol. The van der Waals surface area contributed by atoms with Gasteiger partial charge in [-0.1, -0.05) is 18.2 Å². The quantitative estimate of drug-likeness (QED) is 0.279. The van der Waals surface area contributed by atoms with Crippen molar-refractivity contribution in [2.75, 3.05) is 27.4 Å². The van der Waals surface area contributed by atoms with Gasteiger partial charge in [0.25, 0.3) is 0 Å². The van der Waals surface area contributed by atoms with Crippen LogP contribution in [-0.2, 0) is 11.3 Å². The Labute approximate surface area is 198 Å². The van der Waals surface area contributed by atoms with Gasteiger partial charge in [-0.05, 0) is 37.5 Å². The van der Waals surface area contributed by atoms with E-state index < -0.39 is 5.97 Å². The van der Waals surface area contributed by atoms with Crippen LogP contribution in [0, 0.1) is 0 Å². The molecule has 0 atom stereocenters. The molecule has 0 saturated carbocycles. The summed E-state index contributed by atoms with van der Waals surface area (Å²) in [4.78, 5) is 11.4. The van der Waals surface area contributed by atoms with Crippen LogP contribution in [0.25, 0.3) is 21.8 Å². The third kappa shape index (κ3) is 5.36. The van der Waals surface area contributed by atoms with E-state index in [1.54, 1.807) is 14.2 Å². The molecule has 178 valence electrons. The number of nitrogens with zero attached hydrogens (tertiary/aromatic N) is 1. The first-order valence-electron chi connectivity index (χ1n) is 11.3. The number of carboxylic acid groups (broad SMARTS) is 1. The highest BCUT2D eigenvalue weighted by molar-refractivity contribution is 6.08. The lowest BCUT2D eigenvalue weighted by Crippen LogP contribution is -2.08. The maximum Gasteiger partial charge on any atom is 0.323 e. The van der Waals surface area contributed by atoms with Crippen LogP contribution in [-0.4, -0.2) is 43.1 Å². The number of benzene rings is 3. The molecular weight excluding hydrogens is 434 g/mol. The fourth-order valence-electron chi connectivity index (χ4n) is 4.05. The van der Waals surface area contributed by atoms with E-state index in [9.17, 15) is 9.90 Å². The van der Waals surface area contributed by atoms with Gasteiger partial charge in [0.15, 0.2) is 0 Å². The number of unbranched alkanes of at least 4 members (excludes halogenated alkanes) is 2. The molecule has 0 saturated heterocycles. The van der Waals surface area contributed by atoms with E-state index in [0.717, 1.165) is 52.6 Å². The molecule has 4 rings (SSSR count). The highest BCUT2D eigenvalue weighted by atomic mass is 16.5. The summed E-state index contributed by atoms with van der Waals surface area (Å²) in [6, 6.07) is 19.2. The molecule has 7 nitrogen and oxygen atoms in total. The van der Waals surface area contributed by atoms with Crippen molar-refractivity contribution in [2.45, 2.75) is 25.8 Å². The number of fused-ring (bicyclic) bond motifs is 3. The van der Waals surface area contributed by atoms with Crippen molar-refractivity contribution in [2.24, 2.45) is 0 Å². The maximum absolute atomic E-state index is 11.4. The number of carboxylic acids is 1. The summed E-state index contributed by atoms with van der Waals surface area (Å²) >= 11 is 0. The number of hydrogen-bond donors (Lipinski definition) is 1. The van der Waals surface area contributed by atoms with Crippen LogP contribution in [0.1, 0.15) is 19.3 Å². The Morgan fingerprint density at radius 2 is 1.35 bits per heavy atom. The zero-order valence-electron chi connectivity index (χ0n) is 19.5. The average Bonchev–Trinajstić information content (AvgIpc) is 3.15. The van der Waals surface area contributed by atoms with Crippen LogP contribution in [0.2, 0.25) is 0 Å². The molecule has 0 fully saturated rings. The van der Waals surface area contributed by atoms with Crippen molar-refractivity contribution in [1.29, 1.82) is 0 Å². The van der Waals surface area contributed by atoms with Crippen LogP contribution in [0.5, 0.6) is 23.0 Å². The highest BCUT2D eigenvalue weighted by Crippen LogP contribution is 2.32. The molecule has 1 heterocycles. The molecule has 0 aliphatic rings. The second kappa shape index (κ2) is 10.8. The van der Waals surface area contributed by atoms with Crippen LogP contribution >= 0.6 is 0 Å². The fraction of sp³-hybridized carbons (Fsp3) is 0.296. The lowest BCUT2D eigenvalue weighted by molar-refractivity contribution is -0.137. The molecular formula is C27H29NO6. The molecule has 1 aromatic heterocycles. The second-order valence-electron chi connectivity index (χ2n) is 7.98. The normalized spacial score (nSPS) is 11.0. The summed E-state index contributed by atoms with van der Waals surface area (Å²) in [6.45, 7) is 1.09. The van der Waals surface area contributed by atoms with Crippen LogP contribution in [0.15, 0.2) is 60.7 Å². The van der Waals surface area contributed by atoms with Gasteiger partial charge in [-0.25, -0.2) is 0 Å². The standard InChI is InChI=1S/C27H29NO6/c1-31-20-14-21(32-2)16-22(15-20)34-13-7-3-6-12-33-19-10-11-24-23-8-4-5-9-25(23)28(18-27(29)30)26(24)17-19/h4-5,8-11,14-17H,3,6-7,12-13,18H2,1-2H3,(H,29,30). The number of rotatable bonds is 12. The summed E-state index contributed by atoms with van der Waals surface area (Å²) in [5.41, 5.74) is 1.77. The molecule has 0 aliphatic carbocycles. The first kappa shape index (κ1) is 23.3. The summed E-state index contributed by atoms with van der Waals surface area (Å²) in [6.07, 6.45) is 2.75. The van der Waals surface area contributed by atoms with E-state index in [0.29, 0.717) is 24.7 Å². The Hall–Kier alpha value is -3.87. The zero-order chi connectivity index (χ0) is 23.9. The van der Waals surface area contributed by atoms with E-state index in [1.165, 1.54) is 0 Å². The highest BCUT2D eigenvalue weighted by Gasteiger charge is 2.13. The smallest absolute Gasteiger partial charge is 0.323 e. The Balaban J connectivity index is 1.30. The number of carbonyl (C=O) groups is 1. The lowest BCUT2D eigenvalue weighted by Gasteiger charge is -2.10. The number of aliphatic carboxylic acids is 1. The van der Waals surface area contributed by atoms with Gasteiger partial charge in [-0.2, -0.15) is 0 Å². The minimum Gasteiger partial charge on any atom is -0.496 e. The lowest BCUT2D eigenvalue weighted by atomic mass is 10.1. The molecule has 4 aromatic rings. The van der Waals surface area contributed by atoms with E-state index in [1.807, 2.05) is 65.2 Å². The molecule has 3 aromatic carbocycles. The van der Waals surface area contributed by atoms with E-state index in [4.69, 9.17) is 18.9 Å². The van der Waals surface area contributed by atoms with Gasteiger partial charge >= 0.3 is 5.97 Å². The van der Waals surface area contributed by atoms with Crippen molar-refractivity contribution >= 4 is 27.8 Å². The van der Waals surface area contributed by atoms with Crippen molar-refractivity contribution in [3.63, 3.8) is 0 Å². The van der Waals surface area contributed by atoms with Gasteiger partial charge in [0.1, 0.15) is 29.5 Å². The van der Waals surface area contributed by atoms with Gasteiger partial charge in [0, 0.05) is 40.6 Å². The van der Waals surface area contributed by atoms with Crippen molar-refractivity contribution in [3.05, 3.63) is 60.7 Å². The summed E-state index contributed by atoms with van der Waals surface area (Å²) in [7, 11) is 3.23. The molecule has 0 bridgehead atoms. The van der Waals surface area contributed by atoms with Gasteiger partial charge in [0.2, 0.25) is 0 Å². The molecule has 0 aliphatic heterocycles. The average molecular weight is 464 g/mol. The third-order valence-corrected chi connectivity index (χ3v) is 5.69. The Bertz CT molecular complexity index is 1260. The number of ether oxygens (including phenoxy) is 4.